The number of aryl methyl sites for hydroxylation is 1. The van der Waals surface area contributed by atoms with Crippen molar-refractivity contribution < 1.29 is 9.59 Å². The van der Waals surface area contributed by atoms with E-state index in [0.29, 0.717) is 31.7 Å². The van der Waals surface area contributed by atoms with Crippen molar-refractivity contribution >= 4 is 11.8 Å². The zero-order valence-electron chi connectivity index (χ0n) is 11.3. The number of imidazole rings is 1. The van der Waals surface area contributed by atoms with Crippen molar-refractivity contribution in [3.05, 3.63) is 18.2 Å². The van der Waals surface area contributed by atoms with Crippen LogP contribution in [0, 0.1) is 0 Å². The summed E-state index contributed by atoms with van der Waals surface area (Å²) in [5.74, 6) is 0.702. The number of nitrogens with two attached hydrogens (primary N) is 1. The van der Waals surface area contributed by atoms with Crippen molar-refractivity contribution in [1.29, 1.82) is 0 Å². The Bertz CT molecular complexity index is 489. The summed E-state index contributed by atoms with van der Waals surface area (Å²) in [5, 5.41) is 2.73. The van der Waals surface area contributed by atoms with Crippen molar-refractivity contribution in [2.75, 3.05) is 0 Å². The van der Waals surface area contributed by atoms with Gasteiger partial charge in [-0.05, 0) is 12.8 Å². The minimum atomic E-state index is -0.771. The lowest BCUT2D eigenvalue weighted by atomic mass is 10.2. The van der Waals surface area contributed by atoms with Gasteiger partial charge in [0, 0.05) is 31.3 Å². The molecule has 1 aliphatic carbocycles. The van der Waals surface area contributed by atoms with Crippen LogP contribution < -0.4 is 11.1 Å². The van der Waals surface area contributed by atoms with Gasteiger partial charge in [0.1, 0.15) is 11.4 Å². The van der Waals surface area contributed by atoms with Gasteiger partial charge < -0.3 is 15.6 Å². The number of rotatable bonds is 6. The van der Waals surface area contributed by atoms with Gasteiger partial charge >= 0.3 is 0 Å². The standard InChI is InChI=1S/C13H20N4O2/c1-9(2)11-15-6-8-17(11)7-3-10(18)16-13(4-5-13)12(14)19/h6,8-9H,3-5,7H2,1-2H3,(H2,14,19)(H,16,18). The summed E-state index contributed by atoms with van der Waals surface area (Å²) >= 11 is 0. The van der Waals surface area contributed by atoms with E-state index in [1.165, 1.54) is 0 Å². The number of amides is 2. The summed E-state index contributed by atoms with van der Waals surface area (Å²) < 4.78 is 1.97. The molecule has 2 amide bonds. The van der Waals surface area contributed by atoms with Gasteiger partial charge in [-0.3, -0.25) is 9.59 Å². The maximum Gasteiger partial charge on any atom is 0.243 e. The van der Waals surface area contributed by atoms with Crippen molar-refractivity contribution in [1.82, 2.24) is 14.9 Å². The molecule has 0 bridgehead atoms. The minimum Gasteiger partial charge on any atom is -0.368 e. The average molecular weight is 264 g/mol. The quantitative estimate of drug-likeness (QED) is 0.785. The second kappa shape index (κ2) is 5.03. The third kappa shape index (κ3) is 2.94. The van der Waals surface area contributed by atoms with Crippen LogP contribution in [-0.4, -0.2) is 26.9 Å². The van der Waals surface area contributed by atoms with Gasteiger partial charge in [0.2, 0.25) is 11.8 Å². The van der Waals surface area contributed by atoms with Crippen LogP contribution in [0.25, 0.3) is 0 Å². The van der Waals surface area contributed by atoms with Crippen LogP contribution in [-0.2, 0) is 16.1 Å². The van der Waals surface area contributed by atoms with Gasteiger partial charge in [0.25, 0.3) is 0 Å². The Morgan fingerprint density at radius 1 is 1.53 bits per heavy atom. The Morgan fingerprint density at radius 2 is 2.21 bits per heavy atom. The highest BCUT2D eigenvalue weighted by Crippen LogP contribution is 2.34. The molecule has 6 heteroatoms. The van der Waals surface area contributed by atoms with E-state index in [1.54, 1.807) is 6.20 Å². The monoisotopic (exact) mass is 264 g/mol. The molecule has 1 aliphatic rings. The Kier molecular flexibility index (Phi) is 3.59. The van der Waals surface area contributed by atoms with E-state index >= 15 is 0 Å². The lowest BCUT2D eigenvalue weighted by Crippen LogP contribution is -2.46. The fourth-order valence-electron chi connectivity index (χ4n) is 2.12. The van der Waals surface area contributed by atoms with Gasteiger partial charge in [0.15, 0.2) is 0 Å². The Balaban J connectivity index is 1.87. The molecule has 0 aromatic carbocycles. The number of nitrogens with one attached hydrogen (secondary N) is 1. The summed E-state index contributed by atoms with van der Waals surface area (Å²) in [7, 11) is 0. The van der Waals surface area contributed by atoms with Gasteiger partial charge in [-0.2, -0.15) is 0 Å². The highest BCUT2D eigenvalue weighted by Gasteiger charge is 2.49. The van der Waals surface area contributed by atoms with E-state index in [-0.39, 0.29) is 5.91 Å². The smallest absolute Gasteiger partial charge is 0.243 e. The first kappa shape index (κ1) is 13.6. The predicted octanol–water partition coefficient (Wildman–Crippen LogP) is 0.531. The number of aromatic nitrogens is 2. The van der Waals surface area contributed by atoms with E-state index in [0.717, 1.165) is 5.82 Å². The van der Waals surface area contributed by atoms with Gasteiger partial charge in [-0.1, -0.05) is 13.8 Å². The zero-order chi connectivity index (χ0) is 14.0. The molecule has 19 heavy (non-hydrogen) atoms. The van der Waals surface area contributed by atoms with Gasteiger partial charge in [-0.15, -0.1) is 0 Å². The lowest BCUT2D eigenvalue weighted by Gasteiger charge is -2.14. The van der Waals surface area contributed by atoms with E-state index in [1.807, 2.05) is 10.8 Å². The second-order valence-electron chi connectivity index (χ2n) is 5.38. The fraction of sp³-hybridized carbons (Fsp3) is 0.615. The summed E-state index contributed by atoms with van der Waals surface area (Å²) in [6.07, 6.45) is 5.22. The number of nitrogens with zero attached hydrogens (tertiary/aromatic N) is 2. The topological polar surface area (TPSA) is 90.0 Å². The number of hydrogen-bond acceptors (Lipinski definition) is 3. The summed E-state index contributed by atoms with van der Waals surface area (Å²) in [6.45, 7) is 4.69. The van der Waals surface area contributed by atoms with Crippen molar-refractivity contribution in [3.63, 3.8) is 0 Å². The predicted molar refractivity (Wildman–Crippen MR) is 70.2 cm³/mol. The molecule has 1 aromatic heterocycles. The number of carbonyl (C=O) groups is 2. The highest BCUT2D eigenvalue weighted by molar-refractivity contribution is 5.92. The largest absolute Gasteiger partial charge is 0.368 e. The van der Waals surface area contributed by atoms with Gasteiger partial charge in [0.05, 0.1) is 0 Å². The van der Waals surface area contributed by atoms with E-state index < -0.39 is 11.4 Å². The highest BCUT2D eigenvalue weighted by atomic mass is 16.2. The summed E-state index contributed by atoms with van der Waals surface area (Å²) in [4.78, 5) is 27.3. The van der Waals surface area contributed by atoms with Crippen molar-refractivity contribution in [3.8, 4) is 0 Å². The second-order valence-corrected chi connectivity index (χ2v) is 5.38. The number of hydrogen-bond donors (Lipinski definition) is 2. The number of primary amides is 1. The Morgan fingerprint density at radius 3 is 2.74 bits per heavy atom. The van der Waals surface area contributed by atoms with Crippen LogP contribution in [0.15, 0.2) is 12.4 Å². The first-order chi connectivity index (χ1) is 8.94. The van der Waals surface area contributed by atoms with Crippen molar-refractivity contribution in [2.45, 2.75) is 51.1 Å². The first-order valence-electron chi connectivity index (χ1n) is 6.56. The molecule has 0 spiro atoms. The van der Waals surface area contributed by atoms with Crippen LogP contribution in [0.5, 0.6) is 0 Å². The molecule has 3 N–H and O–H groups in total. The third-order valence-corrected chi connectivity index (χ3v) is 3.44. The Hall–Kier alpha value is -1.85. The molecule has 0 saturated heterocycles. The molecule has 0 atom stereocenters. The van der Waals surface area contributed by atoms with E-state index in [2.05, 4.69) is 24.1 Å². The van der Waals surface area contributed by atoms with Crippen LogP contribution in [0.2, 0.25) is 0 Å². The molecule has 1 heterocycles. The fourth-order valence-corrected chi connectivity index (χ4v) is 2.12. The van der Waals surface area contributed by atoms with Crippen molar-refractivity contribution in [2.24, 2.45) is 5.73 Å². The molecule has 2 rings (SSSR count). The van der Waals surface area contributed by atoms with Crippen LogP contribution in [0.4, 0.5) is 0 Å². The molecule has 6 nitrogen and oxygen atoms in total. The summed E-state index contributed by atoms with van der Waals surface area (Å²) in [6, 6.07) is 0. The molecular weight excluding hydrogens is 244 g/mol. The third-order valence-electron chi connectivity index (χ3n) is 3.44. The molecule has 1 fully saturated rings. The number of carbonyl (C=O) groups excluding carboxylic acids is 2. The zero-order valence-corrected chi connectivity index (χ0v) is 11.3. The van der Waals surface area contributed by atoms with E-state index in [9.17, 15) is 9.59 Å². The molecule has 1 saturated carbocycles. The van der Waals surface area contributed by atoms with E-state index in [4.69, 9.17) is 5.73 Å². The molecule has 1 aromatic rings. The Labute approximate surface area is 112 Å². The maximum atomic E-state index is 11.8. The first-order valence-corrected chi connectivity index (χ1v) is 6.56. The summed E-state index contributed by atoms with van der Waals surface area (Å²) in [5.41, 5.74) is 4.50. The SMILES string of the molecule is CC(C)c1nccn1CCC(=O)NC1(C(N)=O)CC1. The molecular formula is C13H20N4O2. The molecule has 0 unspecified atom stereocenters. The molecule has 0 aliphatic heterocycles. The van der Waals surface area contributed by atoms with Gasteiger partial charge in [-0.25, -0.2) is 4.98 Å². The minimum absolute atomic E-state index is 0.139. The molecule has 104 valence electrons. The molecule has 0 radical (unpaired) electrons. The normalized spacial score (nSPS) is 16.4. The average Bonchev–Trinajstić information content (AvgIpc) is 2.96. The van der Waals surface area contributed by atoms with Crippen LogP contribution in [0.1, 0.15) is 44.9 Å². The maximum absolute atomic E-state index is 11.8. The lowest BCUT2D eigenvalue weighted by molar-refractivity contribution is -0.128. The van der Waals surface area contributed by atoms with Crippen LogP contribution in [0.3, 0.4) is 0 Å². The van der Waals surface area contributed by atoms with Crippen LogP contribution >= 0.6 is 0 Å².